The van der Waals surface area contributed by atoms with E-state index in [1.54, 1.807) is 6.20 Å². The van der Waals surface area contributed by atoms with Crippen molar-refractivity contribution >= 4 is 11.6 Å². The van der Waals surface area contributed by atoms with Gasteiger partial charge in [0, 0.05) is 11.8 Å². The van der Waals surface area contributed by atoms with Gasteiger partial charge in [0.15, 0.2) is 0 Å². The SMILES string of the molecule is Cc1cc(C)c(-c2nc(Cl)ncc2C)c(F)c1. The fourth-order valence-electron chi connectivity index (χ4n) is 1.89. The van der Waals surface area contributed by atoms with Gasteiger partial charge in [-0.25, -0.2) is 14.4 Å². The number of benzene rings is 1. The minimum Gasteiger partial charge on any atom is -0.226 e. The molecule has 0 aliphatic heterocycles. The third-order valence-corrected chi connectivity index (χ3v) is 2.79. The van der Waals surface area contributed by atoms with Crippen molar-refractivity contribution < 1.29 is 4.39 Å². The van der Waals surface area contributed by atoms with E-state index in [1.165, 1.54) is 6.07 Å². The normalized spacial score (nSPS) is 10.6. The van der Waals surface area contributed by atoms with E-state index in [0.717, 1.165) is 16.7 Å². The molecule has 1 aromatic heterocycles. The Morgan fingerprint density at radius 1 is 1.12 bits per heavy atom. The van der Waals surface area contributed by atoms with Crippen LogP contribution in [-0.2, 0) is 0 Å². The van der Waals surface area contributed by atoms with Crippen molar-refractivity contribution in [3.63, 3.8) is 0 Å². The zero-order valence-corrected chi connectivity index (χ0v) is 10.6. The summed E-state index contributed by atoms with van der Waals surface area (Å²) in [4.78, 5) is 7.98. The Morgan fingerprint density at radius 2 is 1.82 bits per heavy atom. The fourth-order valence-corrected chi connectivity index (χ4v) is 2.02. The standard InChI is InChI=1S/C13H12ClFN2/c1-7-4-8(2)11(10(15)5-7)12-9(3)6-16-13(14)17-12/h4-6H,1-3H3. The van der Waals surface area contributed by atoms with Crippen LogP contribution in [0.3, 0.4) is 0 Å². The Balaban J connectivity index is 2.72. The van der Waals surface area contributed by atoms with Crippen molar-refractivity contribution in [2.24, 2.45) is 0 Å². The molecule has 2 aromatic rings. The molecule has 1 heterocycles. The average molecular weight is 251 g/mol. The molecule has 88 valence electrons. The van der Waals surface area contributed by atoms with Crippen LogP contribution in [0, 0.1) is 26.6 Å². The van der Waals surface area contributed by atoms with Crippen LogP contribution in [-0.4, -0.2) is 9.97 Å². The van der Waals surface area contributed by atoms with Gasteiger partial charge in [-0.1, -0.05) is 6.07 Å². The van der Waals surface area contributed by atoms with E-state index < -0.39 is 0 Å². The number of aromatic nitrogens is 2. The summed E-state index contributed by atoms with van der Waals surface area (Å²) in [5.41, 5.74) is 3.60. The van der Waals surface area contributed by atoms with Gasteiger partial charge in [0.05, 0.1) is 5.69 Å². The summed E-state index contributed by atoms with van der Waals surface area (Å²) in [6.45, 7) is 5.56. The van der Waals surface area contributed by atoms with E-state index in [0.29, 0.717) is 11.3 Å². The Bertz CT molecular complexity index is 559. The fraction of sp³-hybridized carbons (Fsp3) is 0.231. The Hall–Kier alpha value is -1.48. The first-order valence-corrected chi connectivity index (χ1v) is 5.63. The topological polar surface area (TPSA) is 25.8 Å². The molecule has 2 nitrogen and oxygen atoms in total. The molecule has 0 bridgehead atoms. The second-order valence-corrected chi connectivity index (χ2v) is 4.45. The van der Waals surface area contributed by atoms with E-state index in [1.807, 2.05) is 26.8 Å². The Morgan fingerprint density at radius 3 is 2.47 bits per heavy atom. The first-order valence-electron chi connectivity index (χ1n) is 5.25. The van der Waals surface area contributed by atoms with Gasteiger partial charge in [0.1, 0.15) is 5.82 Å². The first-order chi connectivity index (χ1) is 7.99. The van der Waals surface area contributed by atoms with Crippen LogP contribution in [0.25, 0.3) is 11.3 Å². The summed E-state index contributed by atoms with van der Waals surface area (Å²) in [6, 6.07) is 3.42. The van der Waals surface area contributed by atoms with E-state index in [4.69, 9.17) is 11.6 Å². The number of nitrogens with zero attached hydrogens (tertiary/aromatic N) is 2. The molecule has 0 N–H and O–H groups in total. The van der Waals surface area contributed by atoms with Crippen molar-refractivity contribution in [1.82, 2.24) is 9.97 Å². The zero-order chi connectivity index (χ0) is 12.6. The molecule has 0 saturated carbocycles. The summed E-state index contributed by atoms with van der Waals surface area (Å²) in [6.07, 6.45) is 1.60. The smallest absolute Gasteiger partial charge is 0.222 e. The number of halogens is 2. The molecule has 0 saturated heterocycles. The molecule has 0 atom stereocenters. The van der Waals surface area contributed by atoms with Gasteiger partial charge >= 0.3 is 0 Å². The number of rotatable bonds is 1. The second-order valence-electron chi connectivity index (χ2n) is 4.11. The highest BCUT2D eigenvalue weighted by Gasteiger charge is 2.14. The highest BCUT2D eigenvalue weighted by Crippen LogP contribution is 2.28. The Labute approximate surface area is 104 Å². The van der Waals surface area contributed by atoms with E-state index in [-0.39, 0.29) is 11.1 Å². The zero-order valence-electron chi connectivity index (χ0n) is 9.88. The predicted molar refractivity (Wildman–Crippen MR) is 66.6 cm³/mol. The summed E-state index contributed by atoms with van der Waals surface area (Å²) in [7, 11) is 0. The summed E-state index contributed by atoms with van der Waals surface area (Å²) in [5, 5.41) is 0.130. The molecule has 0 aliphatic carbocycles. The second kappa shape index (κ2) is 4.41. The summed E-state index contributed by atoms with van der Waals surface area (Å²) in [5.74, 6) is -0.277. The molecule has 0 amide bonds. The lowest BCUT2D eigenvalue weighted by Crippen LogP contribution is -1.97. The minimum atomic E-state index is -0.277. The molecule has 0 unspecified atom stereocenters. The van der Waals surface area contributed by atoms with Gasteiger partial charge in [-0.15, -0.1) is 0 Å². The van der Waals surface area contributed by atoms with Crippen molar-refractivity contribution in [3.05, 3.63) is 46.1 Å². The van der Waals surface area contributed by atoms with Crippen molar-refractivity contribution in [3.8, 4) is 11.3 Å². The highest BCUT2D eigenvalue weighted by molar-refractivity contribution is 6.28. The molecule has 2 rings (SSSR count). The maximum atomic E-state index is 14.0. The average Bonchev–Trinajstić information content (AvgIpc) is 2.21. The van der Waals surface area contributed by atoms with E-state index >= 15 is 0 Å². The lowest BCUT2D eigenvalue weighted by Gasteiger charge is -2.10. The molecule has 4 heteroatoms. The Kier molecular flexibility index (Phi) is 3.11. The van der Waals surface area contributed by atoms with Crippen LogP contribution in [0.4, 0.5) is 4.39 Å². The lowest BCUT2D eigenvalue weighted by molar-refractivity contribution is 0.628. The minimum absolute atomic E-state index is 0.130. The van der Waals surface area contributed by atoms with Gasteiger partial charge in [-0.05, 0) is 55.1 Å². The van der Waals surface area contributed by atoms with Crippen molar-refractivity contribution in [2.45, 2.75) is 20.8 Å². The molecule has 0 fully saturated rings. The van der Waals surface area contributed by atoms with Gasteiger partial charge in [-0.3, -0.25) is 0 Å². The maximum absolute atomic E-state index is 14.0. The van der Waals surface area contributed by atoms with Crippen LogP contribution in [0.15, 0.2) is 18.3 Å². The van der Waals surface area contributed by atoms with Crippen LogP contribution in [0.1, 0.15) is 16.7 Å². The van der Waals surface area contributed by atoms with Crippen LogP contribution in [0.2, 0.25) is 5.28 Å². The van der Waals surface area contributed by atoms with Gasteiger partial charge in [0.2, 0.25) is 5.28 Å². The summed E-state index contributed by atoms with van der Waals surface area (Å²) < 4.78 is 14.0. The van der Waals surface area contributed by atoms with Crippen LogP contribution < -0.4 is 0 Å². The molecule has 0 spiro atoms. The third-order valence-electron chi connectivity index (χ3n) is 2.61. The van der Waals surface area contributed by atoms with Crippen molar-refractivity contribution in [2.75, 3.05) is 0 Å². The molecule has 0 aliphatic rings. The van der Waals surface area contributed by atoms with E-state index in [2.05, 4.69) is 9.97 Å². The predicted octanol–water partition coefficient (Wildman–Crippen LogP) is 3.86. The highest BCUT2D eigenvalue weighted by atomic mass is 35.5. The number of aryl methyl sites for hydroxylation is 3. The quantitative estimate of drug-likeness (QED) is 0.718. The van der Waals surface area contributed by atoms with Gasteiger partial charge in [-0.2, -0.15) is 0 Å². The van der Waals surface area contributed by atoms with Gasteiger partial charge < -0.3 is 0 Å². The molecular weight excluding hydrogens is 239 g/mol. The van der Waals surface area contributed by atoms with E-state index in [9.17, 15) is 4.39 Å². The molecule has 0 radical (unpaired) electrons. The number of hydrogen-bond donors (Lipinski definition) is 0. The molecule has 17 heavy (non-hydrogen) atoms. The van der Waals surface area contributed by atoms with Crippen molar-refractivity contribution in [1.29, 1.82) is 0 Å². The van der Waals surface area contributed by atoms with Crippen LogP contribution >= 0.6 is 11.6 Å². The first kappa shape index (κ1) is 12.0. The summed E-state index contributed by atoms with van der Waals surface area (Å²) >= 11 is 5.76. The monoisotopic (exact) mass is 250 g/mol. The molecule has 1 aromatic carbocycles. The largest absolute Gasteiger partial charge is 0.226 e. The maximum Gasteiger partial charge on any atom is 0.222 e. The van der Waals surface area contributed by atoms with Crippen LogP contribution in [0.5, 0.6) is 0 Å². The number of hydrogen-bond acceptors (Lipinski definition) is 2. The van der Waals surface area contributed by atoms with Gasteiger partial charge in [0.25, 0.3) is 0 Å². The molecular formula is C13H12ClFN2. The lowest BCUT2D eigenvalue weighted by atomic mass is 10.00. The third kappa shape index (κ3) is 2.29.